The van der Waals surface area contributed by atoms with E-state index in [0.29, 0.717) is 18.0 Å². The fourth-order valence-corrected chi connectivity index (χ4v) is 2.95. The maximum Gasteiger partial charge on any atom is 0.419 e. The van der Waals surface area contributed by atoms with Crippen LogP contribution in [0.5, 0.6) is 5.75 Å². The van der Waals surface area contributed by atoms with Gasteiger partial charge in [0.2, 0.25) is 0 Å². The summed E-state index contributed by atoms with van der Waals surface area (Å²) in [6.07, 6.45) is -0.414. The van der Waals surface area contributed by atoms with Gasteiger partial charge in [-0.15, -0.1) is 0 Å². The lowest BCUT2D eigenvalue weighted by molar-refractivity contribution is 0.0540. The molecule has 2 N–H and O–H groups in total. The van der Waals surface area contributed by atoms with Crippen LogP contribution in [0.15, 0.2) is 18.2 Å². The standard InChI is InChI=1S/C20H31N3O3/c1-7-22(8-2)11-12-25-18-14(3)23(19(24)26-20(4,5)6)17-10-9-15(21)13-16(17)18/h9-10,13H,7-8,11-12,21H2,1-6H3. The van der Waals surface area contributed by atoms with E-state index in [1.807, 2.05) is 39.8 Å². The first-order valence-electron chi connectivity index (χ1n) is 9.17. The van der Waals surface area contributed by atoms with Gasteiger partial charge in [0.05, 0.1) is 11.2 Å². The van der Waals surface area contributed by atoms with Gasteiger partial charge in [-0.05, 0) is 59.0 Å². The lowest BCUT2D eigenvalue weighted by Crippen LogP contribution is -2.28. The molecule has 0 spiro atoms. The monoisotopic (exact) mass is 361 g/mol. The topological polar surface area (TPSA) is 69.7 Å². The molecule has 1 aromatic heterocycles. The summed E-state index contributed by atoms with van der Waals surface area (Å²) in [5.74, 6) is 0.685. The zero-order chi connectivity index (χ0) is 19.5. The normalized spacial score (nSPS) is 12.0. The summed E-state index contributed by atoms with van der Waals surface area (Å²) in [5.41, 5.74) is 7.48. The summed E-state index contributed by atoms with van der Waals surface area (Å²) >= 11 is 0. The number of hydrogen-bond acceptors (Lipinski definition) is 5. The van der Waals surface area contributed by atoms with E-state index in [1.165, 1.54) is 0 Å². The number of aromatic nitrogens is 1. The highest BCUT2D eigenvalue weighted by Crippen LogP contribution is 2.34. The Morgan fingerprint density at radius 1 is 1.23 bits per heavy atom. The van der Waals surface area contributed by atoms with Crippen LogP contribution in [0.1, 0.15) is 40.3 Å². The van der Waals surface area contributed by atoms with Crippen molar-refractivity contribution in [3.63, 3.8) is 0 Å². The zero-order valence-corrected chi connectivity index (χ0v) is 16.8. The van der Waals surface area contributed by atoms with Crippen LogP contribution in [0.4, 0.5) is 10.5 Å². The minimum atomic E-state index is -0.572. The molecular formula is C20H31N3O3. The maximum absolute atomic E-state index is 12.7. The number of benzene rings is 1. The fourth-order valence-electron chi connectivity index (χ4n) is 2.95. The second kappa shape index (κ2) is 7.99. The molecule has 0 fully saturated rings. The molecular weight excluding hydrogens is 330 g/mol. The average molecular weight is 361 g/mol. The molecule has 26 heavy (non-hydrogen) atoms. The van der Waals surface area contributed by atoms with Gasteiger partial charge < -0.3 is 20.1 Å². The minimum absolute atomic E-state index is 0.414. The average Bonchev–Trinajstić information content (AvgIpc) is 2.81. The summed E-state index contributed by atoms with van der Waals surface area (Å²) in [5, 5.41) is 0.827. The second-order valence-corrected chi connectivity index (χ2v) is 7.38. The van der Waals surface area contributed by atoms with E-state index in [1.54, 1.807) is 10.6 Å². The SMILES string of the molecule is CCN(CC)CCOc1c(C)n(C(=O)OC(C)(C)C)c2ccc(N)cc12. The van der Waals surface area contributed by atoms with Gasteiger partial charge in [0.25, 0.3) is 0 Å². The van der Waals surface area contributed by atoms with E-state index in [4.69, 9.17) is 15.2 Å². The Kier molecular flexibility index (Phi) is 6.18. The van der Waals surface area contributed by atoms with Crippen molar-refractivity contribution >= 4 is 22.7 Å². The molecule has 0 aliphatic carbocycles. The number of ether oxygens (including phenoxy) is 2. The van der Waals surface area contributed by atoms with Gasteiger partial charge in [-0.1, -0.05) is 13.8 Å². The van der Waals surface area contributed by atoms with Crippen LogP contribution in [-0.4, -0.2) is 47.4 Å². The van der Waals surface area contributed by atoms with E-state index in [9.17, 15) is 4.79 Å². The molecule has 0 radical (unpaired) electrons. The van der Waals surface area contributed by atoms with Gasteiger partial charge in [-0.2, -0.15) is 0 Å². The molecule has 0 unspecified atom stereocenters. The van der Waals surface area contributed by atoms with E-state index >= 15 is 0 Å². The van der Waals surface area contributed by atoms with Crippen LogP contribution in [0.2, 0.25) is 0 Å². The molecule has 6 heteroatoms. The van der Waals surface area contributed by atoms with Gasteiger partial charge in [0.15, 0.2) is 0 Å². The van der Waals surface area contributed by atoms with Crippen molar-refractivity contribution in [1.29, 1.82) is 0 Å². The Balaban J connectivity index is 2.39. The van der Waals surface area contributed by atoms with E-state index < -0.39 is 11.7 Å². The first-order valence-corrected chi connectivity index (χ1v) is 9.17. The molecule has 6 nitrogen and oxygen atoms in total. The van der Waals surface area contributed by atoms with Gasteiger partial charge in [-0.3, -0.25) is 0 Å². The summed E-state index contributed by atoms with van der Waals surface area (Å²) < 4.78 is 13.2. The van der Waals surface area contributed by atoms with Crippen LogP contribution in [-0.2, 0) is 4.74 Å². The second-order valence-electron chi connectivity index (χ2n) is 7.38. The number of anilines is 1. The van der Waals surface area contributed by atoms with Crippen molar-refractivity contribution in [1.82, 2.24) is 9.47 Å². The summed E-state index contributed by atoms with van der Waals surface area (Å²) in [6.45, 7) is 15.0. The Labute approximate surface area is 155 Å². The zero-order valence-electron chi connectivity index (χ0n) is 16.8. The summed E-state index contributed by atoms with van der Waals surface area (Å²) in [6, 6.07) is 5.46. The highest BCUT2D eigenvalue weighted by Gasteiger charge is 2.24. The van der Waals surface area contributed by atoms with Crippen LogP contribution in [0, 0.1) is 6.92 Å². The molecule has 0 atom stereocenters. The molecule has 0 saturated heterocycles. The van der Waals surface area contributed by atoms with Gasteiger partial charge in [0.1, 0.15) is 18.0 Å². The Bertz CT molecular complexity index is 771. The third-order valence-electron chi connectivity index (χ3n) is 4.29. The predicted molar refractivity (Wildman–Crippen MR) is 106 cm³/mol. The molecule has 0 bridgehead atoms. The molecule has 0 aliphatic rings. The molecule has 0 amide bonds. The first-order chi connectivity index (χ1) is 12.2. The van der Waals surface area contributed by atoms with Crippen LogP contribution in [0.3, 0.4) is 0 Å². The predicted octanol–water partition coefficient (Wildman–Crippen LogP) is 4.04. The Morgan fingerprint density at radius 3 is 2.46 bits per heavy atom. The van der Waals surface area contributed by atoms with E-state index in [2.05, 4.69) is 18.7 Å². The molecule has 0 aliphatic heterocycles. The molecule has 2 rings (SSSR count). The fraction of sp³-hybridized carbons (Fsp3) is 0.550. The number of rotatable bonds is 6. The lowest BCUT2D eigenvalue weighted by atomic mass is 10.2. The molecule has 1 aromatic carbocycles. The van der Waals surface area contributed by atoms with Crippen molar-refractivity contribution in [2.75, 3.05) is 32.0 Å². The van der Waals surface area contributed by atoms with Gasteiger partial charge >= 0.3 is 6.09 Å². The van der Waals surface area contributed by atoms with Crippen molar-refractivity contribution in [2.24, 2.45) is 0 Å². The van der Waals surface area contributed by atoms with Gasteiger partial charge in [0, 0.05) is 17.6 Å². The number of carbonyl (C=O) groups excluding carboxylic acids is 1. The minimum Gasteiger partial charge on any atom is -0.490 e. The molecule has 1 heterocycles. The summed E-state index contributed by atoms with van der Waals surface area (Å²) in [7, 11) is 0. The summed E-state index contributed by atoms with van der Waals surface area (Å²) in [4.78, 5) is 15.0. The molecule has 144 valence electrons. The number of hydrogen-bond donors (Lipinski definition) is 1. The number of likely N-dealkylation sites (N-methyl/N-ethyl adjacent to an activating group) is 1. The molecule has 2 aromatic rings. The van der Waals surface area contributed by atoms with Crippen LogP contribution in [0.25, 0.3) is 10.9 Å². The van der Waals surface area contributed by atoms with Crippen molar-refractivity contribution in [2.45, 2.75) is 47.1 Å². The van der Waals surface area contributed by atoms with Crippen LogP contribution >= 0.6 is 0 Å². The largest absolute Gasteiger partial charge is 0.490 e. The van der Waals surface area contributed by atoms with E-state index in [-0.39, 0.29) is 0 Å². The highest BCUT2D eigenvalue weighted by molar-refractivity contribution is 5.97. The Hall–Kier alpha value is -2.21. The van der Waals surface area contributed by atoms with Crippen molar-refractivity contribution in [3.05, 3.63) is 23.9 Å². The van der Waals surface area contributed by atoms with Crippen molar-refractivity contribution < 1.29 is 14.3 Å². The quantitative estimate of drug-likeness (QED) is 0.787. The van der Waals surface area contributed by atoms with Gasteiger partial charge in [-0.25, -0.2) is 9.36 Å². The third kappa shape index (κ3) is 4.49. The number of carbonyl (C=O) groups is 1. The first kappa shape index (κ1) is 20.1. The highest BCUT2D eigenvalue weighted by atomic mass is 16.6. The Morgan fingerprint density at radius 2 is 1.88 bits per heavy atom. The number of nitrogens with zero attached hydrogens (tertiary/aromatic N) is 2. The lowest BCUT2D eigenvalue weighted by Gasteiger charge is -2.20. The third-order valence-corrected chi connectivity index (χ3v) is 4.29. The smallest absolute Gasteiger partial charge is 0.419 e. The molecule has 0 saturated carbocycles. The maximum atomic E-state index is 12.7. The number of nitrogen functional groups attached to an aromatic ring is 1. The number of fused-ring (bicyclic) bond motifs is 1. The number of nitrogens with two attached hydrogens (primary N) is 1. The van der Waals surface area contributed by atoms with Crippen molar-refractivity contribution in [3.8, 4) is 5.75 Å². The van der Waals surface area contributed by atoms with E-state index in [0.717, 1.165) is 36.2 Å². The van der Waals surface area contributed by atoms with Crippen LogP contribution < -0.4 is 10.5 Å².